The van der Waals surface area contributed by atoms with Gasteiger partial charge < -0.3 is 14.8 Å². The number of hydrogen-bond acceptors (Lipinski definition) is 6. The molecule has 0 aliphatic rings. The number of nitrogens with zero attached hydrogens (tertiary/aromatic N) is 4. The van der Waals surface area contributed by atoms with Gasteiger partial charge in [0, 0.05) is 32.3 Å². The molecule has 2 heterocycles. The Labute approximate surface area is 177 Å². The molecule has 156 valence electrons. The first-order valence-corrected chi connectivity index (χ1v) is 13.8. The quantitative estimate of drug-likeness (QED) is 0.279. The number of hydrogen-bond donors (Lipinski definition) is 1. The fraction of sp³-hybridized carbons (Fsp3) is 0.450. The zero-order valence-electron chi connectivity index (χ0n) is 17.6. The van der Waals surface area contributed by atoms with Crippen molar-refractivity contribution in [3.05, 3.63) is 35.7 Å². The maximum Gasteiger partial charge on any atom is 0.224 e. The molecule has 0 aliphatic heterocycles. The molecule has 1 N–H and O–H groups in total. The molecule has 9 heteroatoms. The summed E-state index contributed by atoms with van der Waals surface area (Å²) in [6, 6.07) is 8.66. The molecule has 3 rings (SSSR count). The van der Waals surface area contributed by atoms with Crippen LogP contribution in [0.4, 0.5) is 11.6 Å². The van der Waals surface area contributed by atoms with E-state index in [1.807, 2.05) is 44.3 Å². The van der Waals surface area contributed by atoms with Crippen molar-refractivity contribution in [2.45, 2.75) is 52.4 Å². The summed E-state index contributed by atoms with van der Waals surface area (Å²) in [4.78, 5) is 8.63. The molecule has 0 saturated carbocycles. The molecule has 3 aromatic rings. The minimum atomic E-state index is -1.09. The van der Waals surface area contributed by atoms with Crippen molar-refractivity contribution < 1.29 is 9.47 Å². The fourth-order valence-electron chi connectivity index (χ4n) is 2.68. The van der Waals surface area contributed by atoms with E-state index in [9.17, 15) is 0 Å². The predicted molar refractivity (Wildman–Crippen MR) is 120 cm³/mol. The summed E-state index contributed by atoms with van der Waals surface area (Å²) in [5.74, 6) is 1.99. The lowest BCUT2D eigenvalue weighted by molar-refractivity contribution is 0.0788. The van der Waals surface area contributed by atoms with Crippen LogP contribution < -0.4 is 10.1 Å². The van der Waals surface area contributed by atoms with E-state index in [0.29, 0.717) is 18.4 Å². The third kappa shape index (κ3) is 6.42. The molecule has 0 aliphatic carbocycles. The van der Waals surface area contributed by atoms with Crippen molar-refractivity contribution in [2.75, 3.05) is 11.9 Å². The van der Waals surface area contributed by atoms with E-state index in [1.54, 1.807) is 4.68 Å². The minimum Gasteiger partial charge on any atom is -0.491 e. The number of aromatic nitrogens is 4. The summed E-state index contributed by atoms with van der Waals surface area (Å²) >= 11 is 6.10. The molecule has 0 spiro atoms. The zero-order valence-corrected chi connectivity index (χ0v) is 19.3. The number of halogens is 1. The van der Waals surface area contributed by atoms with Crippen LogP contribution in [-0.4, -0.2) is 40.5 Å². The normalized spacial score (nSPS) is 12.0. The first-order valence-electron chi connectivity index (χ1n) is 9.72. The summed E-state index contributed by atoms with van der Waals surface area (Å²) in [6.45, 7) is 12.1. The maximum absolute atomic E-state index is 6.10. The second-order valence-corrected chi connectivity index (χ2v) is 14.4. The molecule has 7 nitrogen and oxygen atoms in total. The summed E-state index contributed by atoms with van der Waals surface area (Å²) in [7, 11) is -1.09. The fourth-order valence-corrected chi connectivity index (χ4v) is 3.61. The van der Waals surface area contributed by atoms with Crippen LogP contribution in [0.1, 0.15) is 13.8 Å². The van der Waals surface area contributed by atoms with E-state index >= 15 is 0 Å². The predicted octanol–water partition coefficient (Wildman–Crippen LogP) is 5.32. The van der Waals surface area contributed by atoms with E-state index in [1.165, 1.54) is 0 Å². The number of anilines is 2. The highest BCUT2D eigenvalue weighted by Crippen LogP contribution is 2.28. The number of benzene rings is 1. The Balaban J connectivity index is 1.73. The molecular weight excluding hydrogens is 406 g/mol. The van der Waals surface area contributed by atoms with E-state index in [0.717, 1.165) is 29.3 Å². The molecule has 0 radical (unpaired) electrons. The van der Waals surface area contributed by atoms with Gasteiger partial charge in [0.15, 0.2) is 5.82 Å². The van der Waals surface area contributed by atoms with Crippen LogP contribution >= 0.6 is 11.6 Å². The molecule has 0 fully saturated rings. The van der Waals surface area contributed by atoms with E-state index in [-0.39, 0.29) is 11.4 Å². The highest BCUT2D eigenvalue weighted by molar-refractivity contribution is 6.76. The summed E-state index contributed by atoms with van der Waals surface area (Å²) in [5, 5.41) is 8.72. The lowest BCUT2D eigenvalue weighted by atomic mass is 10.2. The third-order valence-corrected chi connectivity index (χ3v) is 5.99. The number of nitrogens with one attached hydrogen (secondary N) is 1. The second-order valence-electron chi connectivity index (χ2n) is 8.40. The van der Waals surface area contributed by atoms with Gasteiger partial charge in [0.25, 0.3) is 0 Å². The van der Waals surface area contributed by atoms with Gasteiger partial charge in [-0.1, -0.05) is 19.6 Å². The van der Waals surface area contributed by atoms with Gasteiger partial charge in [-0.05, 0) is 49.7 Å². The Morgan fingerprint density at radius 3 is 2.69 bits per heavy atom. The maximum atomic E-state index is 6.10. The topological polar surface area (TPSA) is 74.1 Å². The van der Waals surface area contributed by atoms with Crippen molar-refractivity contribution in [2.24, 2.45) is 0 Å². The van der Waals surface area contributed by atoms with Crippen LogP contribution in [-0.2, 0) is 11.5 Å². The summed E-state index contributed by atoms with van der Waals surface area (Å²) in [6.07, 6.45) is 1.95. The molecule has 0 atom stereocenters. The van der Waals surface area contributed by atoms with Crippen molar-refractivity contribution in [3.8, 4) is 5.75 Å². The smallest absolute Gasteiger partial charge is 0.224 e. The molecule has 1 aromatic carbocycles. The number of rotatable bonds is 9. The first kappa shape index (κ1) is 21.5. The van der Waals surface area contributed by atoms with Crippen LogP contribution in [0.5, 0.6) is 5.75 Å². The van der Waals surface area contributed by atoms with Gasteiger partial charge in [-0.25, -0.2) is 9.67 Å². The van der Waals surface area contributed by atoms with E-state index < -0.39 is 8.07 Å². The lowest BCUT2D eigenvalue weighted by Crippen LogP contribution is -2.22. The molecule has 0 amide bonds. The highest BCUT2D eigenvalue weighted by atomic mass is 35.5. The Bertz CT molecular complexity index is 971. The Morgan fingerprint density at radius 2 is 1.97 bits per heavy atom. The number of fused-ring (bicyclic) bond motifs is 1. The van der Waals surface area contributed by atoms with Crippen molar-refractivity contribution in [1.29, 1.82) is 0 Å². The first-order chi connectivity index (χ1) is 13.7. The monoisotopic (exact) mass is 433 g/mol. The SMILES string of the molecule is CC(C)Oc1ccc2nc(Cl)nc(Nc3ccn(COCC[Si](C)(C)C)n3)c2c1. The minimum absolute atomic E-state index is 0.0775. The largest absolute Gasteiger partial charge is 0.491 e. The lowest BCUT2D eigenvalue weighted by Gasteiger charge is -2.15. The van der Waals surface area contributed by atoms with Crippen LogP contribution in [0.2, 0.25) is 31.0 Å². The Kier molecular flexibility index (Phi) is 6.76. The van der Waals surface area contributed by atoms with Crippen molar-refractivity contribution in [1.82, 2.24) is 19.7 Å². The number of ether oxygens (including phenoxy) is 2. The van der Waals surface area contributed by atoms with Crippen molar-refractivity contribution >= 4 is 42.2 Å². The van der Waals surface area contributed by atoms with Crippen molar-refractivity contribution in [3.63, 3.8) is 0 Å². The van der Waals surface area contributed by atoms with Crippen LogP contribution in [0.25, 0.3) is 10.9 Å². The molecular formula is C20H28ClN5O2Si. The van der Waals surface area contributed by atoms with Gasteiger partial charge >= 0.3 is 0 Å². The van der Waals surface area contributed by atoms with E-state index in [2.05, 4.69) is 40.0 Å². The molecule has 0 saturated heterocycles. The van der Waals surface area contributed by atoms with Gasteiger partial charge in [0.2, 0.25) is 5.28 Å². The second kappa shape index (κ2) is 9.11. The molecule has 2 aromatic heterocycles. The molecule has 0 unspecified atom stereocenters. The third-order valence-electron chi connectivity index (χ3n) is 4.12. The Hall–Kier alpha value is -2.16. The van der Waals surface area contributed by atoms with Gasteiger partial charge in [0.1, 0.15) is 18.3 Å². The van der Waals surface area contributed by atoms with Gasteiger partial charge in [-0.15, -0.1) is 0 Å². The van der Waals surface area contributed by atoms with Gasteiger partial charge in [-0.3, -0.25) is 0 Å². The van der Waals surface area contributed by atoms with Gasteiger partial charge in [0.05, 0.1) is 11.6 Å². The van der Waals surface area contributed by atoms with Crippen LogP contribution in [0, 0.1) is 0 Å². The molecule has 29 heavy (non-hydrogen) atoms. The average molecular weight is 434 g/mol. The van der Waals surface area contributed by atoms with Crippen LogP contribution in [0.15, 0.2) is 30.5 Å². The standard InChI is InChI=1S/C20H28ClN5O2Si/c1-14(2)28-15-6-7-17-16(12-15)19(24-20(21)22-17)23-18-8-9-26(25-18)13-27-10-11-29(3,4)5/h6-9,12,14H,10-11,13H2,1-5H3,(H,22,23,24,25). The van der Waals surface area contributed by atoms with Gasteiger partial charge in [-0.2, -0.15) is 10.1 Å². The Morgan fingerprint density at radius 1 is 1.17 bits per heavy atom. The zero-order chi connectivity index (χ0) is 21.0. The average Bonchev–Trinajstić information content (AvgIpc) is 3.05. The highest BCUT2D eigenvalue weighted by Gasteiger charge is 2.13. The molecule has 0 bridgehead atoms. The van der Waals surface area contributed by atoms with E-state index in [4.69, 9.17) is 21.1 Å². The summed E-state index contributed by atoms with van der Waals surface area (Å²) < 4.78 is 13.3. The van der Waals surface area contributed by atoms with Crippen LogP contribution in [0.3, 0.4) is 0 Å². The summed E-state index contributed by atoms with van der Waals surface area (Å²) in [5.41, 5.74) is 0.734.